The smallest absolute Gasteiger partial charge is 0.310 e. The zero-order chi connectivity index (χ0) is 17.0. The van der Waals surface area contributed by atoms with Gasteiger partial charge in [0.05, 0.1) is 5.69 Å². The van der Waals surface area contributed by atoms with Crippen LogP contribution in [0.5, 0.6) is 0 Å². The lowest BCUT2D eigenvalue weighted by Crippen LogP contribution is -2.25. The topological polar surface area (TPSA) is 76.0 Å². The van der Waals surface area contributed by atoms with E-state index >= 15 is 0 Å². The Hall–Kier alpha value is -2.63. The Labute approximate surface area is 135 Å². The van der Waals surface area contributed by atoms with E-state index in [1.807, 2.05) is 39.0 Å². The predicted molar refractivity (Wildman–Crippen MR) is 90.7 cm³/mol. The molecular weight excluding hydrogens is 292 g/mol. The van der Waals surface area contributed by atoms with Gasteiger partial charge in [0.25, 0.3) is 0 Å². The van der Waals surface area contributed by atoms with Gasteiger partial charge in [0.15, 0.2) is 0 Å². The highest BCUT2D eigenvalue weighted by molar-refractivity contribution is 5.96. The Morgan fingerprint density at radius 2 is 1.78 bits per heavy atom. The standard InChI is InChI=1S/C17H22N4O2/c1-5-15(22)19-14-11-13(17(2,3)4)20-21(14)16(23)18-12-9-7-6-8-10-12/h6-11H,5H2,1-4H3,(H,18,23)(H,19,22). The summed E-state index contributed by atoms with van der Waals surface area (Å²) < 4.78 is 1.20. The van der Waals surface area contributed by atoms with Crippen molar-refractivity contribution in [2.75, 3.05) is 10.6 Å². The number of rotatable bonds is 3. The number of nitrogens with zero attached hydrogens (tertiary/aromatic N) is 2. The highest BCUT2D eigenvalue weighted by Gasteiger charge is 2.23. The molecule has 0 fully saturated rings. The number of para-hydroxylation sites is 1. The van der Waals surface area contributed by atoms with Crippen molar-refractivity contribution in [3.63, 3.8) is 0 Å². The molecule has 0 saturated carbocycles. The molecule has 1 heterocycles. The number of amides is 2. The first-order valence-electron chi connectivity index (χ1n) is 7.58. The number of hydrogen-bond donors (Lipinski definition) is 2. The molecule has 0 aliphatic heterocycles. The van der Waals surface area contributed by atoms with E-state index in [1.54, 1.807) is 25.1 Å². The van der Waals surface area contributed by atoms with Gasteiger partial charge in [-0.25, -0.2) is 4.79 Å². The molecule has 2 rings (SSSR count). The molecule has 122 valence electrons. The number of anilines is 2. The molecule has 6 heteroatoms. The van der Waals surface area contributed by atoms with Crippen molar-refractivity contribution >= 4 is 23.4 Å². The molecule has 0 spiro atoms. The van der Waals surface area contributed by atoms with Gasteiger partial charge in [-0.2, -0.15) is 9.78 Å². The van der Waals surface area contributed by atoms with Crippen LogP contribution in [0.4, 0.5) is 16.3 Å². The van der Waals surface area contributed by atoms with Gasteiger partial charge in [0.1, 0.15) is 5.82 Å². The Balaban J connectivity index is 2.32. The molecule has 0 aliphatic carbocycles. The summed E-state index contributed by atoms with van der Waals surface area (Å²) in [4.78, 5) is 24.2. The molecule has 2 amide bonds. The lowest BCUT2D eigenvalue weighted by molar-refractivity contribution is -0.115. The normalized spacial score (nSPS) is 11.1. The minimum absolute atomic E-state index is 0.167. The van der Waals surface area contributed by atoms with Gasteiger partial charge < -0.3 is 10.6 Å². The molecular formula is C17H22N4O2. The van der Waals surface area contributed by atoms with Crippen LogP contribution in [0.3, 0.4) is 0 Å². The first-order chi connectivity index (χ1) is 10.8. The lowest BCUT2D eigenvalue weighted by atomic mass is 9.92. The van der Waals surface area contributed by atoms with Crippen LogP contribution in [-0.4, -0.2) is 21.7 Å². The first-order valence-corrected chi connectivity index (χ1v) is 7.58. The molecule has 1 aromatic carbocycles. The Kier molecular flexibility index (Phi) is 4.83. The van der Waals surface area contributed by atoms with Gasteiger partial charge in [-0.15, -0.1) is 0 Å². The third-order valence-electron chi connectivity index (χ3n) is 3.28. The zero-order valence-electron chi connectivity index (χ0n) is 13.9. The summed E-state index contributed by atoms with van der Waals surface area (Å²) in [6.45, 7) is 7.76. The number of benzene rings is 1. The summed E-state index contributed by atoms with van der Waals surface area (Å²) >= 11 is 0. The van der Waals surface area contributed by atoms with Crippen LogP contribution in [0.15, 0.2) is 36.4 Å². The van der Waals surface area contributed by atoms with Crippen LogP contribution in [0.25, 0.3) is 0 Å². The van der Waals surface area contributed by atoms with Gasteiger partial charge >= 0.3 is 6.03 Å². The fourth-order valence-electron chi connectivity index (χ4n) is 1.92. The minimum atomic E-state index is -0.418. The average molecular weight is 314 g/mol. The van der Waals surface area contributed by atoms with Crippen LogP contribution in [-0.2, 0) is 10.2 Å². The van der Waals surface area contributed by atoms with Crippen molar-refractivity contribution in [2.24, 2.45) is 0 Å². The van der Waals surface area contributed by atoms with E-state index in [9.17, 15) is 9.59 Å². The highest BCUT2D eigenvalue weighted by Crippen LogP contribution is 2.24. The van der Waals surface area contributed by atoms with Crippen molar-refractivity contribution in [3.8, 4) is 0 Å². The van der Waals surface area contributed by atoms with Crippen molar-refractivity contribution in [3.05, 3.63) is 42.1 Å². The number of nitrogens with one attached hydrogen (secondary N) is 2. The predicted octanol–water partition coefficient (Wildman–Crippen LogP) is 3.61. The maximum Gasteiger partial charge on any atom is 0.348 e. The summed E-state index contributed by atoms with van der Waals surface area (Å²) in [5, 5.41) is 9.84. The highest BCUT2D eigenvalue weighted by atomic mass is 16.2. The minimum Gasteiger partial charge on any atom is -0.310 e. The summed E-state index contributed by atoms with van der Waals surface area (Å²) in [5.74, 6) is 0.203. The van der Waals surface area contributed by atoms with Gasteiger partial charge in [-0.3, -0.25) is 4.79 Å². The maximum atomic E-state index is 12.5. The van der Waals surface area contributed by atoms with Crippen LogP contribution in [0, 0.1) is 0 Å². The molecule has 0 bridgehead atoms. The van der Waals surface area contributed by atoms with Crippen LogP contribution < -0.4 is 10.6 Å². The molecule has 0 saturated heterocycles. The van der Waals surface area contributed by atoms with Gasteiger partial charge in [0.2, 0.25) is 5.91 Å². The van der Waals surface area contributed by atoms with Gasteiger partial charge in [-0.05, 0) is 12.1 Å². The molecule has 0 unspecified atom stereocenters. The Morgan fingerprint density at radius 3 is 2.35 bits per heavy atom. The molecule has 23 heavy (non-hydrogen) atoms. The van der Waals surface area contributed by atoms with Gasteiger partial charge in [-0.1, -0.05) is 45.9 Å². The van der Waals surface area contributed by atoms with E-state index in [0.29, 0.717) is 17.9 Å². The molecule has 2 aromatic rings. The second-order valence-corrected chi connectivity index (χ2v) is 6.27. The van der Waals surface area contributed by atoms with E-state index in [2.05, 4.69) is 15.7 Å². The number of carbonyl (C=O) groups is 2. The van der Waals surface area contributed by atoms with E-state index < -0.39 is 6.03 Å². The van der Waals surface area contributed by atoms with Crippen LogP contribution >= 0.6 is 0 Å². The Bertz CT molecular complexity index is 699. The average Bonchev–Trinajstić information content (AvgIpc) is 2.92. The van der Waals surface area contributed by atoms with Crippen molar-refractivity contribution < 1.29 is 9.59 Å². The van der Waals surface area contributed by atoms with Crippen molar-refractivity contribution in [1.29, 1.82) is 0 Å². The molecule has 1 aromatic heterocycles. The summed E-state index contributed by atoms with van der Waals surface area (Å²) in [7, 11) is 0. The second kappa shape index (κ2) is 6.64. The summed E-state index contributed by atoms with van der Waals surface area (Å²) in [5.41, 5.74) is 1.16. The number of hydrogen-bond acceptors (Lipinski definition) is 3. The molecule has 0 aliphatic rings. The second-order valence-electron chi connectivity index (χ2n) is 6.27. The number of carbonyl (C=O) groups excluding carboxylic acids is 2. The molecule has 2 N–H and O–H groups in total. The fraction of sp³-hybridized carbons (Fsp3) is 0.353. The SMILES string of the molecule is CCC(=O)Nc1cc(C(C)(C)C)nn1C(=O)Nc1ccccc1. The maximum absolute atomic E-state index is 12.5. The number of aromatic nitrogens is 2. The van der Waals surface area contributed by atoms with Crippen LogP contribution in [0.2, 0.25) is 0 Å². The molecule has 0 atom stereocenters. The summed E-state index contributed by atoms with van der Waals surface area (Å²) in [6, 6.07) is 10.4. The Morgan fingerprint density at radius 1 is 1.13 bits per heavy atom. The molecule has 0 radical (unpaired) electrons. The lowest BCUT2D eigenvalue weighted by Gasteiger charge is -2.14. The van der Waals surface area contributed by atoms with Crippen LogP contribution in [0.1, 0.15) is 39.8 Å². The van der Waals surface area contributed by atoms with E-state index in [-0.39, 0.29) is 11.3 Å². The van der Waals surface area contributed by atoms with E-state index in [0.717, 1.165) is 5.69 Å². The molecule has 6 nitrogen and oxygen atoms in total. The summed E-state index contributed by atoms with van der Waals surface area (Å²) in [6.07, 6.45) is 0.330. The fourth-order valence-corrected chi connectivity index (χ4v) is 1.92. The first kappa shape index (κ1) is 16.7. The van der Waals surface area contributed by atoms with Crippen molar-refractivity contribution in [1.82, 2.24) is 9.78 Å². The van der Waals surface area contributed by atoms with Crippen molar-refractivity contribution in [2.45, 2.75) is 39.5 Å². The van der Waals surface area contributed by atoms with E-state index in [4.69, 9.17) is 0 Å². The largest absolute Gasteiger partial charge is 0.348 e. The zero-order valence-corrected chi connectivity index (χ0v) is 13.9. The van der Waals surface area contributed by atoms with E-state index in [1.165, 1.54) is 4.68 Å². The third kappa shape index (κ3) is 4.18. The monoisotopic (exact) mass is 314 g/mol. The third-order valence-corrected chi connectivity index (χ3v) is 3.28. The van der Waals surface area contributed by atoms with Gasteiger partial charge in [0, 0.05) is 23.6 Å². The quantitative estimate of drug-likeness (QED) is 0.908.